The minimum absolute atomic E-state index is 0.00762. The van der Waals surface area contributed by atoms with E-state index in [1.807, 2.05) is 6.07 Å². The van der Waals surface area contributed by atoms with Crippen LogP contribution >= 0.6 is 11.5 Å². The summed E-state index contributed by atoms with van der Waals surface area (Å²) in [5.41, 5.74) is 7.92. The summed E-state index contributed by atoms with van der Waals surface area (Å²) in [7, 11) is 0. The predicted molar refractivity (Wildman–Crippen MR) is 111 cm³/mol. The Morgan fingerprint density at radius 2 is 2.14 bits per heavy atom. The Bertz CT molecular complexity index is 1020. The van der Waals surface area contributed by atoms with E-state index in [2.05, 4.69) is 31.5 Å². The summed E-state index contributed by atoms with van der Waals surface area (Å²) < 4.78 is 18.1. The molecule has 0 saturated carbocycles. The third-order valence-corrected chi connectivity index (χ3v) is 5.56. The maximum atomic E-state index is 14.0. The van der Waals surface area contributed by atoms with Crippen molar-refractivity contribution >= 4 is 28.8 Å². The fourth-order valence-corrected chi connectivity index (χ4v) is 4.28. The van der Waals surface area contributed by atoms with Crippen LogP contribution in [0.1, 0.15) is 24.0 Å². The van der Waals surface area contributed by atoms with Gasteiger partial charge >= 0.3 is 0 Å². The fraction of sp³-hybridized carbons (Fsp3) is 0.300. The molecular weight excluding hydrogens is 391 g/mol. The van der Waals surface area contributed by atoms with Crippen molar-refractivity contribution < 1.29 is 9.18 Å². The lowest BCUT2D eigenvalue weighted by molar-refractivity contribution is 0.101. The summed E-state index contributed by atoms with van der Waals surface area (Å²) >= 11 is 0.984. The highest BCUT2D eigenvalue weighted by molar-refractivity contribution is 7.09. The van der Waals surface area contributed by atoms with Gasteiger partial charge in [0.2, 0.25) is 5.82 Å². The number of aromatic nitrogens is 3. The molecule has 1 aromatic carbocycles. The van der Waals surface area contributed by atoms with Gasteiger partial charge in [-0.1, -0.05) is 19.1 Å². The van der Waals surface area contributed by atoms with Gasteiger partial charge in [-0.05, 0) is 42.1 Å². The normalized spacial score (nSPS) is 19.2. The van der Waals surface area contributed by atoms with Gasteiger partial charge in [0.25, 0.3) is 5.91 Å². The second-order valence-corrected chi connectivity index (χ2v) is 8.01. The summed E-state index contributed by atoms with van der Waals surface area (Å²) in [4.78, 5) is 23.2. The predicted octanol–water partition coefficient (Wildman–Crippen LogP) is 3.17. The molecule has 0 unspecified atom stereocenters. The molecule has 0 aliphatic carbocycles. The monoisotopic (exact) mass is 412 g/mol. The molecule has 0 radical (unpaired) electrons. The number of pyridine rings is 1. The van der Waals surface area contributed by atoms with Crippen molar-refractivity contribution in [1.82, 2.24) is 14.3 Å². The Morgan fingerprint density at radius 3 is 2.93 bits per heavy atom. The van der Waals surface area contributed by atoms with Crippen LogP contribution in [0.2, 0.25) is 0 Å². The van der Waals surface area contributed by atoms with E-state index < -0.39 is 11.7 Å². The quantitative estimate of drug-likeness (QED) is 0.683. The number of amides is 1. The molecule has 1 aliphatic heterocycles. The first-order valence-corrected chi connectivity index (χ1v) is 10.1. The molecule has 1 amide bonds. The fourth-order valence-electron chi connectivity index (χ4n) is 3.59. The van der Waals surface area contributed by atoms with Crippen molar-refractivity contribution in [2.24, 2.45) is 11.7 Å². The van der Waals surface area contributed by atoms with Gasteiger partial charge in [-0.2, -0.15) is 4.37 Å². The van der Waals surface area contributed by atoms with Crippen LogP contribution in [0.3, 0.4) is 0 Å². The first-order chi connectivity index (χ1) is 14.0. The Labute approximate surface area is 172 Å². The number of piperidine rings is 1. The van der Waals surface area contributed by atoms with Crippen molar-refractivity contribution in [3.8, 4) is 10.6 Å². The molecule has 3 heterocycles. The molecule has 150 valence electrons. The number of halogens is 1. The zero-order valence-electron chi connectivity index (χ0n) is 15.9. The van der Waals surface area contributed by atoms with E-state index in [4.69, 9.17) is 5.73 Å². The standard InChI is InChI=1S/C20H21FN6OS/c1-12-8-13(22)11-27(10-12)17-6-7-23-9-16(17)24-19(28)18-25-20(29-26-18)14-4-2-3-5-15(14)21/h2-7,9,12-13H,8,10-11,22H2,1H3,(H,24,28)/t12-,13+/m1/s1. The lowest BCUT2D eigenvalue weighted by atomic mass is 9.96. The Balaban J connectivity index is 1.55. The molecule has 1 saturated heterocycles. The molecule has 7 nitrogen and oxygen atoms in total. The van der Waals surface area contributed by atoms with E-state index in [0.29, 0.717) is 28.7 Å². The van der Waals surface area contributed by atoms with Crippen LogP contribution in [-0.2, 0) is 0 Å². The molecule has 3 N–H and O–H groups in total. The first-order valence-electron chi connectivity index (χ1n) is 9.35. The van der Waals surface area contributed by atoms with Gasteiger partial charge in [-0.25, -0.2) is 9.37 Å². The van der Waals surface area contributed by atoms with Gasteiger partial charge in [0, 0.05) is 30.9 Å². The Morgan fingerprint density at radius 1 is 1.31 bits per heavy atom. The number of anilines is 2. The maximum absolute atomic E-state index is 14.0. The lowest BCUT2D eigenvalue weighted by Gasteiger charge is -2.37. The molecule has 9 heteroatoms. The summed E-state index contributed by atoms with van der Waals surface area (Å²) in [5, 5.41) is 3.19. The highest BCUT2D eigenvalue weighted by atomic mass is 32.1. The van der Waals surface area contributed by atoms with Gasteiger partial charge in [0.1, 0.15) is 10.8 Å². The molecular formula is C20H21FN6OS. The highest BCUT2D eigenvalue weighted by Gasteiger charge is 2.25. The zero-order valence-corrected chi connectivity index (χ0v) is 16.7. The van der Waals surface area contributed by atoms with Crippen LogP contribution in [0.15, 0.2) is 42.7 Å². The molecule has 3 aromatic rings. The Hall–Kier alpha value is -2.91. The summed E-state index contributed by atoms with van der Waals surface area (Å²) in [6.45, 7) is 3.73. The van der Waals surface area contributed by atoms with E-state index in [0.717, 1.165) is 30.2 Å². The van der Waals surface area contributed by atoms with Crippen LogP contribution in [0, 0.1) is 11.7 Å². The number of nitrogens with one attached hydrogen (secondary N) is 1. The molecule has 1 fully saturated rings. The van der Waals surface area contributed by atoms with Crippen molar-refractivity contribution in [1.29, 1.82) is 0 Å². The van der Waals surface area contributed by atoms with Crippen LogP contribution in [-0.4, -0.2) is 39.4 Å². The van der Waals surface area contributed by atoms with Crippen molar-refractivity contribution in [3.05, 3.63) is 54.4 Å². The molecule has 0 bridgehead atoms. The number of nitrogens with two attached hydrogens (primary N) is 1. The number of hydrogen-bond acceptors (Lipinski definition) is 7. The molecule has 1 aliphatic rings. The van der Waals surface area contributed by atoms with E-state index in [9.17, 15) is 9.18 Å². The molecule has 29 heavy (non-hydrogen) atoms. The number of benzene rings is 1. The van der Waals surface area contributed by atoms with Crippen molar-refractivity contribution in [2.45, 2.75) is 19.4 Å². The van der Waals surface area contributed by atoms with Gasteiger partial charge in [-0.3, -0.25) is 9.78 Å². The third kappa shape index (κ3) is 4.25. The second kappa shape index (κ2) is 8.22. The van der Waals surface area contributed by atoms with Crippen LogP contribution < -0.4 is 16.0 Å². The van der Waals surface area contributed by atoms with Crippen LogP contribution in [0.25, 0.3) is 10.6 Å². The number of rotatable bonds is 4. The SMILES string of the molecule is C[C@@H]1C[C@H](N)CN(c2ccncc2NC(=O)c2nsc(-c3ccccc3F)n2)C1. The number of carbonyl (C=O) groups is 1. The topological polar surface area (TPSA) is 97.0 Å². The lowest BCUT2D eigenvalue weighted by Crippen LogP contribution is -2.46. The van der Waals surface area contributed by atoms with Crippen LogP contribution in [0.5, 0.6) is 0 Å². The van der Waals surface area contributed by atoms with E-state index >= 15 is 0 Å². The molecule has 2 aromatic heterocycles. The largest absolute Gasteiger partial charge is 0.368 e. The van der Waals surface area contributed by atoms with Crippen molar-refractivity contribution in [3.63, 3.8) is 0 Å². The minimum Gasteiger partial charge on any atom is -0.368 e. The van der Waals surface area contributed by atoms with Gasteiger partial charge in [0.15, 0.2) is 0 Å². The summed E-state index contributed by atoms with van der Waals surface area (Å²) in [6, 6.07) is 8.22. The molecule has 0 spiro atoms. The number of hydrogen-bond donors (Lipinski definition) is 2. The van der Waals surface area contributed by atoms with Gasteiger partial charge < -0.3 is 16.0 Å². The summed E-state index contributed by atoms with van der Waals surface area (Å²) in [6.07, 6.45) is 4.26. The molecule has 2 atom stereocenters. The van der Waals surface area contributed by atoms with E-state index in [1.54, 1.807) is 30.6 Å². The van der Waals surface area contributed by atoms with Gasteiger partial charge in [0.05, 0.1) is 17.6 Å². The Kier molecular flexibility index (Phi) is 5.50. The van der Waals surface area contributed by atoms with Crippen LogP contribution in [0.4, 0.5) is 15.8 Å². The zero-order chi connectivity index (χ0) is 20.4. The molecule has 4 rings (SSSR count). The average Bonchev–Trinajstić information content (AvgIpc) is 3.18. The summed E-state index contributed by atoms with van der Waals surface area (Å²) in [5.74, 6) is -0.418. The second-order valence-electron chi connectivity index (χ2n) is 7.26. The third-order valence-electron chi connectivity index (χ3n) is 4.81. The number of nitrogens with zero attached hydrogens (tertiary/aromatic N) is 4. The highest BCUT2D eigenvalue weighted by Crippen LogP contribution is 2.30. The van der Waals surface area contributed by atoms with E-state index in [1.165, 1.54) is 6.07 Å². The van der Waals surface area contributed by atoms with Crippen molar-refractivity contribution in [2.75, 3.05) is 23.3 Å². The van der Waals surface area contributed by atoms with Gasteiger partial charge in [-0.15, -0.1) is 0 Å². The average molecular weight is 412 g/mol. The maximum Gasteiger partial charge on any atom is 0.294 e. The van der Waals surface area contributed by atoms with E-state index in [-0.39, 0.29) is 11.9 Å². The first kappa shape index (κ1) is 19.4. The smallest absolute Gasteiger partial charge is 0.294 e. The number of carbonyl (C=O) groups excluding carboxylic acids is 1. The minimum atomic E-state index is -0.465.